The lowest BCUT2D eigenvalue weighted by Gasteiger charge is -2.24. The number of aliphatic hydroxyl groups is 1. The molecule has 0 spiro atoms. The Bertz CT molecular complexity index is 235. The number of methoxy groups -OCH3 is 1. The van der Waals surface area contributed by atoms with E-state index < -0.39 is 5.60 Å². The lowest BCUT2D eigenvalue weighted by atomic mass is 9.87. The van der Waals surface area contributed by atoms with Crippen LogP contribution in [-0.4, -0.2) is 36.9 Å². The van der Waals surface area contributed by atoms with Gasteiger partial charge in [0.1, 0.15) is 5.60 Å². The third-order valence-corrected chi connectivity index (χ3v) is 3.32. The third kappa shape index (κ3) is 6.03. The van der Waals surface area contributed by atoms with Crippen LogP contribution in [0.2, 0.25) is 0 Å². The van der Waals surface area contributed by atoms with Gasteiger partial charge in [-0.15, -0.1) is 0 Å². The summed E-state index contributed by atoms with van der Waals surface area (Å²) in [5.74, 6) is 0.587. The second-order valence-corrected chi connectivity index (χ2v) is 5.41. The van der Waals surface area contributed by atoms with Crippen molar-refractivity contribution in [3.63, 3.8) is 0 Å². The van der Waals surface area contributed by atoms with Gasteiger partial charge in [-0.1, -0.05) is 19.3 Å². The molecule has 0 bridgehead atoms. The molecule has 1 unspecified atom stereocenters. The number of hydrogen-bond donors (Lipinski definition) is 2. The molecule has 17 heavy (non-hydrogen) atoms. The lowest BCUT2D eigenvalue weighted by Crippen LogP contribution is -2.44. The highest BCUT2D eigenvalue weighted by Crippen LogP contribution is 2.26. The van der Waals surface area contributed by atoms with Gasteiger partial charge in [0, 0.05) is 20.1 Å². The zero-order valence-corrected chi connectivity index (χ0v) is 11.0. The third-order valence-electron chi connectivity index (χ3n) is 3.32. The molecule has 0 aromatic rings. The summed E-state index contributed by atoms with van der Waals surface area (Å²) in [7, 11) is 1.54. The summed E-state index contributed by atoms with van der Waals surface area (Å²) in [6.07, 6.45) is 6.74. The van der Waals surface area contributed by atoms with Crippen molar-refractivity contribution in [2.45, 2.75) is 51.0 Å². The molecule has 1 saturated carbocycles. The standard InChI is InChI=1S/C13H25NO3/c1-13(16,10-17-2)9-14-12(15)8-11-6-4-3-5-7-11/h11,16H,3-10H2,1-2H3,(H,14,15). The molecule has 0 radical (unpaired) electrons. The molecule has 1 amide bonds. The van der Waals surface area contributed by atoms with Crippen LogP contribution in [0, 0.1) is 5.92 Å². The van der Waals surface area contributed by atoms with Crippen LogP contribution in [0.15, 0.2) is 0 Å². The van der Waals surface area contributed by atoms with Crippen molar-refractivity contribution in [2.75, 3.05) is 20.3 Å². The van der Waals surface area contributed by atoms with Crippen molar-refractivity contribution >= 4 is 5.91 Å². The van der Waals surface area contributed by atoms with Gasteiger partial charge in [-0.25, -0.2) is 0 Å². The Morgan fingerprint density at radius 1 is 1.41 bits per heavy atom. The Morgan fingerprint density at radius 2 is 2.06 bits per heavy atom. The van der Waals surface area contributed by atoms with Gasteiger partial charge in [0.2, 0.25) is 5.91 Å². The molecule has 1 aliphatic rings. The number of ether oxygens (including phenoxy) is 1. The molecule has 4 nitrogen and oxygen atoms in total. The molecule has 0 saturated heterocycles. The predicted octanol–water partition coefficient (Wildman–Crippen LogP) is 1.47. The number of hydrogen-bond acceptors (Lipinski definition) is 3. The maximum absolute atomic E-state index is 11.7. The fraction of sp³-hybridized carbons (Fsp3) is 0.923. The first-order valence-electron chi connectivity index (χ1n) is 6.51. The zero-order valence-electron chi connectivity index (χ0n) is 11.0. The first-order valence-corrected chi connectivity index (χ1v) is 6.51. The largest absolute Gasteiger partial charge is 0.386 e. The summed E-state index contributed by atoms with van der Waals surface area (Å²) >= 11 is 0. The quantitative estimate of drug-likeness (QED) is 0.742. The van der Waals surface area contributed by atoms with E-state index in [-0.39, 0.29) is 19.1 Å². The highest BCUT2D eigenvalue weighted by Gasteiger charge is 2.22. The Kier molecular flexibility index (Phi) is 5.92. The first kappa shape index (κ1) is 14.5. The molecule has 1 atom stereocenters. The molecule has 4 heteroatoms. The summed E-state index contributed by atoms with van der Waals surface area (Å²) in [4.78, 5) is 11.7. The van der Waals surface area contributed by atoms with Crippen molar-refractivity contribution in [1.82, 2.24) is 5.32 Å². The minimum absolute atomic E-state index is 0.0493. The van der Waals surface area contributed by atoms with Crippen LogP contribution in [0.5, 0.6) is 0 Å². The summed E-state index contributed by atoms with van der Waals surface area (Å²) in [5, 5.41) is 12.6. The number of amides is 1. The number of carbonyl (C=O) groups excluding carboxylic acids is 1. The van der Waals surface area contributed by atoms with Gasteiger partial charge >= 0.3 is 0 Å². The Balaban J connectivity index is 2.20. The second kappa shape index (κ2) is 6.97. The predicted molar refractivity (Wildman–Crippen MR) is 66.7 cm³/mol. The summed E-state index contributed by atoms with van der Waals surface area (Å²) in [5.41, 5.74) is -0.975. The van der Waals surface area contributed by atoms with Crippen LogP contribution in [0.25, 0.3) is 0 Å². The van der Waals surface area contributed by atoms with Gasteiger partial charge in [-0.05, 0) is 25.7 Å². The van der Waals surface area contributed by atoms with Crippen molar-refractivity contribution in [3.8, 4) is 0 Å². The van der Waals surface area contributed by atoms with E-state index in [1.165, 1.54) is 39.2 Å². The lowest BCUT2D eigenvalue weighted by molar-refractivity contribution is -0.123. The second-order valence-electron chi connectivity index (χ2n) is 5.41. The van der Waals surface area contributed by atoms with E-state index in [9.17, 15) is 9.90 Å². The van der Waals surface area contributed by atoms with Crippen molar-refractivity contribution in [2.24, 2.45) is 5.92 Å². The summed E-state index contributed by atoms with van der Waals surface area (Å²) in [6, 6.07) is 0. The molecule has 1 rings (SSSR count). The molecule has 100 valence electrons. The molecule has 0 aliphatic heterocycles. The maximum atomic E-state index is 11.7. The van der Waals surface area contributed by atoms with Gasteiger partial charge in [0.25, 0.3) is 0 Å². The zero-order chi connectivity index (χ0) is 12.7. The van der Waals surface area contributed by atoms with Crippen LogP contribution in [0.3, 0.4) is 0 Å². The fourth-order valence-electron chi connectivity index (χ4n) is 2.38. The Labute approximate surface area is 104 Å². The minimum atomic E-state index is -0.975. The van der Waals surface area contributed by atoms with E-state index in [1.54, 1.807) is 6.92 Å². The molecule has 0 aromatic carbocycles. The van der Waals surface area contributed by atoms with Crippen molar-refractivity contribution < 1.29 is 14.6 Å². The summed E-state index contributed by atoms with van der Waals surface area (Å²) < 4.78 is 4.89. The van der Waals surface area contributed by atoms with E-state index in [1.807, 2.05) is 0 Å². The molecule has 1 fully saturated rings. The van der Waals surface area contributed by atoms with Crippen LogP contribution < -0.4 is 5.32 Å². The molecular weight excluding hydrogens is 218 g/mol. The topological polar surface area (TPSA) is 58.6 Å². The maximum Gasteiger partial charge on any atom is 0.220 e. The minimum Gasteiger partial charge on any atom is -0.386 e. The molecular formula is C13H25NO3. The highest BCUT2D eigenvalue weighted by molar-refractivity contribution is 5.76. The van der Waals surface area contributed by atoms with Gasteiger partial charge < -0.3 is 15.2 Å². The number of rotatable bonds is 6. The fourth-order valence-corrected chi connectivity index (χ4v) is 2.38. The van der Waals surface area contributed by atoms with Crippen molar-refractivity contribution in [1.29, 1.82) is 0 Å². The monoisotopic (exact) mass is 243 g/mol. The molecule has 0 aromatic heterocycles. The average Bonchev–Trinajstić information content (AvgIpc) is 2.28. The smallest absolute Gasteiger partial charge is 0.220 e. The normalized spacial score (nSPS) is 20.9. The average molecular weight is 243 g/mol. The van der Waals surface area contributed by atoms with Crippen LogP contribution >= 0.6 is 0 Å². The van der Waals surface area contributed by atoms with Crippen LogP contribution in [0.4, 0.5) is 0 Å². The number of carbonyl (C=O) groups is 1. The SMILES string of the molecule is COCC(C)(O)CNC(=O)CC1CCCCC1. The van der Waals surface area contributed by atoms with E-state index in [2.05, 4.69) is 5.32 Å². The Morgan fingerprint density at radius 3 is 2.65 bits per heavy atom. The van der Waals surface area contributed by atoms with Crippen LogP contribution in [-0.2, 0) is 9.53 Å². The number of nitrogens with one attached hydrogen (secondary N) is 1. The van der Waals surface area contributed by atoms with E-state index in [0.29, 0.717) is 12.3 Å². The molecule has 0 heterocycles. The van der Waals surface area contributed by atoms with E-state index in [0.717, 1.165) is 0 Å². The summed E-state index contributed by atoms with van der Waals surface area (Å²) in [6.45, 7) is 2.15. The van der Waals surface area contributed by atoms with Gasteiger partial charge in [-0.3, -0.25) is 4.79 Å². The molecule has 1 aliphatic carbocycles. The first-order chi connectivity index (χ1) is 8.03. The van der Waals surface area contributed by atoms with E-state index >= 15 is 0 Å². The molecule has 2 N–H and O–H groups in total. The van der Waals surface area contributed by atoms with Gasteiger partial charge in [0.05, 0.1) is 6.61 Å². The van der Waals surface area contributed by atoms with Crippen LogP contribution in [0.1, 0.15) is 45.4 Å². The van der Waals surface area contributed by atoms with Crippen molar-refractivity contribution in [3.05, 3.63) is 0 Å². The van der Waals surface area contributed by atoms with Gasteiger partial charge in [-0.2, -0.15) is 0 Å². The highest BCUT2D eigenvalue weighted by atomic mass is 16.5. The Hall–Kier alpha value is -0.610. The van der Waals surface area contributed by atoms with E-state index in [4.69, 9.17) is 4.74 Å². The van der Waals surface area contributed by atoms with Gasteiger partial charge in [0.15, 0.2) is 0 Å².